The van der Waals surface area contributed by atoms with E-state index < -0.39 is 0 Å². The summed E-state index contributed by atoms with van der Waals surface area (Å²) in [6, 6.07) is 8.97. The molecule has 6 heteroatoms. The Kier molecular flexibility index (Phi) is 5.32. The fourth-order valence-corrected chi connectivity index (χ4v) is 2.88. The van der Waals surface area contributed by atoms with Gasteiger partial charge in [-0.1, -0.05) is 6.07 Å². The summed E-state index contributed by atoms with van der Waals surface area (Å²) >= 11 is 0. The Balaban J connectivity index is 1.72. The summed E-state index contributed by atoms with van der Waals surface area (Å²) in [7, 11) is 2.04. The van der Waals surface area contributed by atoms with Crippen LogP contribution >= 0.6 is 0 Å². The van der Waals surface area contributed by atoms with Crippen LogP contribution in [0, 0.1) is 13.8 Å². The van der Waals surface area contributed by atoms with Crippen LogP contribution in [0.3, 0.4) is 0 Å². The Morgan fingerprint density at radius 2 is 1.73 bits per heavy atom. The van der Waals surface area contributed by atoms with Gasteiger partial charge in [-0.05, 0) is 56.3 Å². The van der Waals surface area contributed by atoms with Crippen LogP contribution in [-0.2, 0) is 0 Å². The zero-order valence-electron chi connectivity index (χ0n) is 15.5. The molecule has 1 aliphatic heterocycles. The van der Waals surface area contributed by atoms with E-state index in [2.05, 4.69) is 15.2 Å². The lowest BCUT2D eigenvalue weighted by atomic mass is 10.1. The smallest absolute Gasteiger partial charge is 0.272 e. The zero-order chi connectivity index (χ0) is 18.7. The highest BCUT2D eigenvalue weighted by Gasteiger charge is 2.22. The molecule has 0 aliphatic carbocycles. The largest absolute Gasteiger partial charge is 0.335 e. The summed E-state index contributed by atoms with van der Waals surface area (Å²) in [4.78, 5) is 33.3. The Labute approximate surface area is 153 Å². The normalized spacial score (nSPS) is 15.0. The number of carbonyl (C=O) groups is 2. The minimum Gasteiger partial charge on any atom is -0.335 e. The maximum atomic E-state index is 12.6. The van der Waals surface area contributed by atoms with Crippen molar-refractivity contribution in [3.05, 3.63) is 58.9 Å². The number of likely N-dealkylation sites (N-methyl/N-ethyl adjacent to an activating group) is 1. The van der Waals surface area contributed by atoms with Crippen molar-refractivity contribution < 1.29 is 9.59 Å². The van der Waals surface area contributed by atoms with Crippen LogP contribution < -0.4 is 5.32 Å². The predicted octanol–water partition coefficient (Wildman–Crippen LogP) is 2.34. The molecule has 1 aromatic carbocycles. The van der Waals surface area contributed by atoms with E-state index in [0.29, 0.717) is 24.3 Å². The Hall–Kier alpha value is -2.73. The van der Waals surface area contributed by atoms with E-state index in [-0.39, 0.29) is 11.8 Å². The molecule has 2 heterocycles. The maximum absolute atomic E-state index is 12.6. The fraction of sp³-hybridized carbons (Fsp3) is 0.350. The number of aryl methyl sites for hydroxylation is 2. The first kappa shape index (κ1) is 18.1. The van der Waals surface area contributed by atoms with E-state index in [4.69, 9.17) is 0 Å². The molecular weight excluding hydrogens is 328 g/mol. The van der Waals surface area contributed by atoms with Crippen LogP contribution in [0.2, 0.25) is 0 Å². The number of hydrogen-bond donors (Lipinski definition) is 1. The van der Waals surface area contributed by atoms with Crippen LogP contribution in [0.15, 0.2) is 36.5 Å². The number of benzene rings is 1. The minimum atomic E-state index is -0.247. The highest BCUT2D eigenvalue weighted by atomic mass is 16.2. The number of hydrogen-bond acceptors (Lipinski definition) is 4. The van der Waals surface area contributed by atoms with Gasteiger partial charge in [0.15, 0.2) is 0 Å². The molecule has 0 unspecified atom stereocenters. The van der Waals surface area contributed by atoms with E-state index in [9.17, 15) is 9.59 Å². The average Bonchev–Trinajstić information content (AvgIpc) is 2.65. The van der Waals surface area contributed by atoms with Crippen molar-refractivity contribution in [1.29, 1.82) is 0 Å². The van der Waals surface area contributed by atoms with Crippen LogP contribution in [-0.4, -0.2) is 59.8 Å². The second-order valence-corrected chi connectivity index (χ2v) is 6.78. The molecule has 26 heavy (non-hydrogen) atoms. The van der Waals surface area contributed by atoms with E-state index in [1.165, 1.54) is 11.8 Å². The monoisotopic (exact) mass is 352 g/mol. The molecule has 0 saturated carbocycles. The van der Waals surface area contributed by atoms with Crippen molar-refractivity contribution in [1.82, 2.24) is 14.8 Å². The van der Waals surface area contributed by atoms with E-state index in [1.807, 2.05) is 39.1 Å². The highest BCUT2D eigenvalue weighted by Crippen LogP contribution is 2.16. The van der Waals surface area contributed by atoms with Crippen LogP contribution in [0.4, 0.5) is 5.69 Å². The van der Waals surface area contributed by atoms with Crippen molar-refractivity contribution in [2.45, 2.75) is 13.8 Å². The quantitative estimate of drug-likeness (QED) is 0.921. The predicted molar refractivity (Wildman–Crippen MR) is 102 cm³/mol. The number of pyridine rings is 1. The maximum Gasteiger partial charge on any atom is 0.272 e. The lowest BCUT2D eigenvalue weighted by molar-refractivity contribution is 0.0658. The molecule has 1 fully saturated rings. The third kappa shape index (κ3) is 4.08. The van der Waals surface area contributed by atoms with Crippen LogP contribution in [0.25, 0.3) is 0 Å². The number of piperazine rings is 1. The molecular formula is C20H24N4O2. The van der Waals surface area contributed by atoms with Crippen molar-refractivity contribution in [2.75, 3.05) is 38.5 Å². The molecule has 3 rings (SSSR count). The first-order valence-electron chi connectivity index (χ1n) is 8.76. The van der Waals surface area contributed by atoms with Gasteiger partial charge < -0.3 is 15.1 Å². The van der Waals surface area contributed by atoms with Gasteiger partial charge >= 0.3 is 0 Å². The van der Waals surface area contributed by atoms with Crippen molar-refractivity contribution >= 4 is 17.5 Å². The van der Waals surface area contributed by atoms with Gasteiger partial charge in [0.25, 0.3) is 11.8 Å². The SMILES string of the molecule is Cc1ccc(NC(=O)c2ccnc(C(=O)N3CCN(C)CC3)c2)cc1C. The number of carbonyl (C=O) groups excluding carboxylic acids is 2. The third-order valence-corrected chi connectivity index (χ3v) is 4.80. The molecule has 1 N–H and O–H groups in total. The zero-order valence-corrected chi connectivity index (χ0v) is 15.5. The van der Waals surface area contributed by atoms with Gasteiger partial charge in [0.2, 0.25) is 0 Å². The van der Waals surface area contributed by atoms with E-state index in [1.54, 1.807) is 17.0 Å². The van der Waals surface area contributed by atoms with Gasteiger partial charge in [0.1, 0.15) is 5.69 Å². The molecule has 136 valence electrons. The molecule has 0 atom stereocenters. The van der Waals surface area contributed by atoms with Crippen LogP contribution in [0.1, 0.15) is 32.0 Å². The van der Waals surface area contributed by atoms with Crippen molar-refractivity contribution in [3.63, 3.8) is 0 Å². The lowest BCUT2D eigenvalue weighted by Crippen LogP contribution is -2.47. The number of amides is 2. The summed E-state index contributed by atoms with van der Waals surface area (Å²) in [5.74, 6) is -0.373. The van der Waals surface area contributed by atoms with Crippen molar-refractivity contribution in [3.8, 4) is 0 Å². The van der Waals surface area contributed by atoms with Crippen molar-refractivity contribution in [2.24, 2.45) is 0 Å². The summed E-state index contributed by atoms with van der Waals surface area (Å²) < 4.78 is 0. The fourth-order valence-electron chi connectivity index (χ4n) is 2.88. The number of nitrogens with zero attached hydrogens (tertiary/aromatic N) is 3. The summed E-state index contributed by atoms with van der Waals surface area (Å²) in [6.07, 6.45) is 1.51. The summed E-state index contributed by atoms with van der Waals surface area (Å²) in [5, 5.41) is 2.88. The summed E-state index contributed by atoms with van der Waals surface area (Å²) in [6.45, 7) is 7.08. The Morgan fingerprint density at radius 3 is 2.42 bits per heavy atom. The Bertz CT molecular complexity index is 826. The van der Waals surface area contributed by atoms with Gasteiger partial charge in [-0.2, -0.15) is 0 Å². The number of nitrogens with one attached hydrogen (secondary N) is 1. The highest BCUT2D eigenvalue weighted by molar-refractivity contribution is 6.05. The van der Waals surface area contributed by atoms with Gasteiger partial charge in [0.05, 0.1) is 0 Å². The molecule has 0 radical (unpaired) electrons. The van der Waals surface area contributed by atoms with Gasteiger partial charge in [-0.25, -0.2) is 0 Å². The van der Waals surface area contributed by atoms with Gasteiger partial charge in [0, 0.05) is 43.6 Å². The molecule has 0 bridgehead atoms. The molecule has 2 amide bonds. The van der Waals surface area contributed by atoms with E-state index >= 15 is 0 Å². The second-order valence-electron chi connectivity index (χ2n) is 6.78. The third-order valence-electron chi connectivity index (χ3n) is 4.80. The van der Waals surface area contributed by atoms with Crippen LogP contribution in [0.5, 0.6) is 0 Å². The minimum absolute atomic E-state index is 0.126. The second kappa shape index (κ2) is 7.66. The molecule has 1 aromatic heterocycles. The number of aromatic nitrogens is 1. The standard InChI is InChI=1S/C20H24N4O2/c1-14-4-5-17(12-15(14)2)22-19(25)16-6-7-21-18(13-16)20(26)24-10-8-23(3)9-11-24/h4-7,12-13H,8-11H2,1-3H3,(H,22,25). The van der Waals surface area contributed by atoms with Gasteiger partial charge in [-0.15, -0.1) is 0 Å². The molecule has 2 aromatic rings. The molecule has 1 saturated heterocycles. The molecule has 1 aliphatic rings. The first-order valence-corrected chi connectivity index (χ1v) is 8.76. The lowest BCUT2D eigenvalue weighted by Gasteiger charge is -2.32. The summed E-state index contributed by atoms with van der Waals surface area (Å²) in [5.41, 5.74) is 3.76. The van der Waals surface area contributed by atoms with Gasteiger partial charge in [-0.3, -0.25) is 14.6 Å². The number of rotatable bonds is 3. The first-order chi connectivity index (χ1) is 12.4. The Morgan fingerprint density at radius 1 is 1.00 bits per heavy atom. The number of anilines is 1. The topological polar surface area (TPSA) is 65.5 Å². The average molecular weight is 352 g/mol. The molecule has 6 nitrogen and oxygen atoms in total. The molecule has 0 spiro atoms. The van der Waals surface area contributed by atoms with E-state index in [0.717, 1.165) is 24.3 Å².